The lowest BCUT2D eigenvalue weighted by Gasteiger charge is -2.37. The number of amides is 2. The van der Waals surface area contributed by atoms with E-state index in [4.69, 9.17) is 25.4 Å². The number of ether oxygens (including phenoxy) is 4. The Labute approximate surface area is 178 Å². The molecule has 2 saturated heterocycles. The van der Waals surface area contributed by atoms with Crippen LogP contribution in [0, 0.1) is 18.3 Å². The van der Waals surface area contributed by atoms with Gasteiger partial charge in [-0.05, 0) is 45.6 Å². The molecule has 2 fully saturated rings. The summed E-state index contributed by atoms with van der Waals surface area (Å²) in [5.41, 5.74) is 0.209. The van der Waals surface area contributed by atoms with E-state index in [0.717, 1.165) is 24.8 Å². The SMILES string of the molecule is C#C[C@@H]1CN(C(=O)[C@@H](NC(=O)OC(C)(C)C)C2=CCCC2)[C@H]2[C@@H]1OCC2(OC)OC. The van der Waals surface area contributed by atoms with E-state index >= 15 is 0 Å². The lowest BCUT2D eigenvalue weighted by Crippen LogP contribution is -2.59. The molecule has 0 aromatic carbocycles. The minimum Gasteiger partial charge on any atom is -0.444 e. The second-order valence-electron chi connectivity index (χ2n) is 8.95. The van der Waals surface area contributed by atoms with Crippen molar-refractivity contribution in [1.29, 1.82) is 0 Å². The average molecular weight is 421 g/mol. The first-order valence-corrected chi connectivity index (χ1v) is 10.3. The van der Waals surface area contributed by atoms with Crippen LogP contribution in [0.4, 0.5) is 4.79 Å². The number of methoxy groups -OCH3 is 2. The molecule has 0 spiro atoms. The maximum Gasteiger partial charge on any atom is 0.408 e. The molecule has 0 aromatic heterocycles. The molecule has 0 aromatic rings. The van der Waals surface area contributed by atoms with Gasteiger partial charge in [-0.3, -0.25) is 4.79 Å². The molecule has 3 aliphatic rings. The Hall–Kier alpha value is -2.08. The molecule has 8 heteroatoms. The van der Waals surface area contributed by atoms with Gasteiger partial charge in [0.1, 0.15) is 24.3 Å². The van der Waals surface area contributed by atoms with E-state index in [1.807, 2.05) is 6.08 Å². The summed E-state index contributed by atoms with van der Waals surface area (Å²) in [4.78, 5) is 27.9. The first-order chi connectivity index (χ1) is 14.2. The number of hydrogen-bond donors (Lipinski definition) is 1. The van der Waals surface area contributed by atoms with E-state index < -0.39 is 35.7 Å². The summed E-state index contributed by atoms with van der Waals surface area (Å²) in [5.74, 6) is 1.08. The van der Waals surface area contributed by atoms with E-state index in [1.165, 1.54) is 14.2 Å². The molecule has 4 atom stereocenters. The van der Waals surface area contributed by atoms with Crippen molar-refractivity contribution in [3.8, 4) is 12.3 Å². The number of fused-ring (bicyclic) bond motifs is 1. The number of carbonyl (C=O) groups is 2. The van der Waals surface area contributed by atoms with Crippen LogP contribution >= 0.6 is 0 Å². The molecular weight excluding hydrogens is 388 g/mol. The van der Waals surface area contributed by atoms with E-state index in [9.17, 15) is 9.59 Å². The lowest BCUT2D eigenvalue weighted by molar-refractivity contribution is -0.227. The molecule has 1 N–H and O–H groups in total. The molecule has 8 nitrogen and oxygen atoms in total. The molecule has 2 amide bonds. The van der Waals surface area contributed by atoms with Gasteiger partial charge in [0.2, 0.25) is 11.7 Å². The number of likely N-dealkylation sites (tertiary alicyclic amines) is 1. The molecule has 2 aliphatic heterocycles. The van der Waals surface area contributed by atoms with Crippen molar-refractivity contribution < 1.29 is 28.5 Å². The highest BCUT2D eigenvalue weighted by Crippen LogP contribution is 2.42. The van der Waals surface area contributed by atoms with Crippen LogP contribution < -0.4 is 5.32 Å². The van der Waals surface area contributed by atoms with Gasteiger partial charge in [-0.2, -0.15) is 0 Å². The summed E-state index contributed by atoms with van der Waals surface area (Å²) in [6, 6.07) is -1.34. The predicted octanol–water partition coefficient (Wildman–Crippen LogP) is 1.84. The minimum absolute atomic E-state index is 0.171. The third-order valence-corrected chi connectivity index (χ3v) is 5.91. The summed E-state index contributed by atoms with van der Waals surface area (Å²) in [6.45, 7) is 5.82. The Morgan fingerprint density at radius 2 is 2.07 bits per heavy atom. The van der Waals surface area contributed by atoms with Crippen LogP contribution in [0.3, 0.4) is 0 Å². The van der Waals surface area contributed by atoms with Crippen LogP contribution in [0.15, 0.2) is 11.6 Å². The number of nitrogens with one attached hydrogen (secondary N) is 1. The van der Waals surface area contributed by atoms with Gasteiger partial charge in [0, 0.05) is 20.8 Å². The van der Waals surface area contributed by atoms with E-state index in [0.29, 0.717) is 6.54 Å². The zero-order valence-corrected chi connectivity index (χ0v) is 18.4. The third kappa shape index (κ3) is 4.20. The molecule has 166 valence electrons. The van der Waals surface area contributed by atoms with Crippen LogP contribution in [0.25, 0.3) is 0 Å². The Kier molecular flexibility index (Phi) is 6.46. The van der Waals surface area contributed by atoms with Crippen LogP contribution in [-0.4, -0.2) is 73.8 Å². The van der Waals surface area contributed by atoms with E-state index in [2.05, 4.69) is 11.2 Å². The van der Waals surface area contributed by atoms with Crippen molar-refractivity contribution in [3.63, 3.8) is 0 Å². The smallest absolute Gasteiger partial charge is 0.408 e. The number of allylic oxidation sites excluding steroid dienone is 1. The summed E-state index contributed by atoms with van der Waals surface area (Å²) >= 11 is 0. The predicted molar refractivity (Wildman–Crippen MR) is 109 cm³/mol. The Balaban J connectivity index is 1.89. The Bertz CT molecular complexity index is 746. The average Bonchev–Trinajstić information content (AvgIpc) is 3.40. The van der Waals surface area contributed by atoms with Gasteiger partial charge < -0.3 is 29.2 Å². The third-order valence-electron chi connectivity index (χ3n) is 5.91. The highest BCUT2D eigenvalue weighted by molar-refractivity contribution is 5.89. The molecule has 3 rings (SSSR count). The topological polar surface area (TPSA) is 86.3 Å². The lowest BCUT2D eigenvalue weighted by atomic mass is 9.99. The van der Waals surface area contributed by atoms with Gasteiger partial charge in [-0.25, -0.2) is 4.79 Å². The summed E-state index contributed by atoms with van der Waals surface area (Å²) in [5, 5.41) is 2.77. The second-order valence-corrected chi connectivity index (χ2v) is 8.95. The number of terminal acetylenes is 1. The van der Waals surface area contributed by atoms with E-state index in [1.54, 1.807) is 25.7 Å². The summed E-state index contributed by atoms with van der Waals surface area (Å²) in [6.07, 6.45) is 9.26. The number of hydrogen-bond acceptors (Lipinski definition) is 6. The highest BCUT2D eigenvalue weighted by Gasteiger charge is 2.61. The zero-order chi connectivity index (χ0) is 22.1. The van der Waals surface area contributed by atoms with Gasteiger partial charge in [0.25, 0.3) is 0 Å². The van der Waals surface area contributed by atoms with E-state index in [-0.39, 0.29) is 18.4 Å². The van der Waals surface area contributed by atoms with Crippen LogP contribution in [0.5, 0.6) is 0 Å². The van der Waals surface area contributed by atoms with Gasteiger partial charge >= 0.3 is 6.09 Å². The van der Waals surface area contributed by atoms with Crippen molar-refractivity contribution in [2.75, 3.05) is 27.4 Å². The van der Waals surface area contributed by atoms with Crippen molar-refractivity contribution in [2.24, 2.45) is 5.92 Å². The largest absolute Gasteiger partial charge is 0.444 e. The van der Waals surface area contributed by atoms with Crippen molar-refractivity contribution in [1.82, 2.24) is 10.2 Å². The maximum absolute atomic E-state index is 13.7. The quantitative estimate of drug-likeness (QED) is 0.415. The van der Waals surface area contributed by atoms with Gasteiger partial charge in [0.15, 0.2) is 0 Å². The fourth-order valence-electron chi connectivity index (χ4n) is 4.50. The fourth-order valence-corrected chi connectivity index (χ4v) is 4.50. The molecule has 0 saturated carbocycles. The molecule has 0 unspecified atom stereocenters. The van der Waals surface area contributed by atoms with Crippen molar-refractivity contribution in [2.45, 2.75) is 69.6 Å². The molecular formula is C22H32N2O6. The second kappa shape index (κ2) is 8.58. The molecule has 0 radical (unpaired) electrons. The highest BCUT2D eigenvalue weighted by atomic mass is 16.7. The number of nitrogens with zero attached hydrogens (tertiary/aromatic N) is 1. The number of rotatable bonds is 5. The molecule has 2 heterocycles. The fraction of sp³-hybridized carbons (Fsp3) is 0.727. The first-order valence-electron chi connectivity index (χ1n) is 10.3. The first kappa shape index (κ1) is 22.6. The Morgan fingerprint density at radius 1 is 1.37 bits per heavy atom. The molecule has 0 bridgehead atoms. The van der Waals surface area contributed by atoms with Crippen LogP contribution in [0.2, 0.25) is 0 Å². The normalized spacial score (nSPS) is 28.5. The zero-order valence-electron chi connectivity index (χ0n) is 18.4. The number of alkyl carbamates (subject to hydrolysis) is 1. The monoisotopic (exact) mass is 420 g/mol. The van der Waals surface area contributed by atoms with Gasteiger partial charge in [-0.1, -0.05) is 12.0 Å². The molecule has 1 aliphatic carbocycles. The van der Waals surface area contributed by atoms with Gasteiger partial charge in [0.05, 0.1) is 12.0 Å². The Morgan fingerprint density at radius 3 is 2.60 bits per heavy atom. The van der Waals surface area contributed by atoms with Crippen LogP contribution in [0.1, 0.15) is 40.0 Å². The standard InChI is InChI=1S/C22H32N2O6/c1-7-14-12-24(18-17(14)29-13-22(18,27-5)28-6)19(25)16(15-10-8-9-11-15)23-20(26)30-21(2,3)4/h1,10,14,16-18H,8-9,11-13H2,2-6H3,(H,23,26)/t14-,16+,17-,18+/m1/s1. The maximum atomic E-state index is 13.7. The van der Waals surface area contributed by atoms with Crippen molar-refractivity contribution in [3.05, 3.63) is 11.6 Å². The van der Waals surface area contributed by atoms with Crippen molar-refractivity contribution >= 4 is 12.0 Å². The summed E-state index contributed by atoms with van der Waals surface area (Å²) < 4.78 is 22.6. The van der Waals surface area contributed by atoms with Crippen LogP contribution in [-0.2, 0) is 23.7 Å². The van der Waals surface area contributed by atoms with Gasteiger partial charge in [-0.15, -0.1) is 6.42 Å². The summed E-state index contributed by atoms with van der Waals surface area (Å²) in [7, 11) is 3.05. The number of carbonyl (C=O) groups excluding carboxylic acids is 2. The minimum atomic E-state index is -1.10. The molecule has 30 heavy (non-hydrogen) atoms.